The van der Waals surface area contributed by atoms with E-state index in [9.17, 15) is 9.90 Å². The van der Waals surface area contributed by atoms with Crippen LogP contribution in [0.25, 0.3) is 0 Å². The van der Waals surface area contributed by atoms with Gasteiger partial charge in [0.05, 0.1) is 6.61 Å². The Morgan fingerprint density at radius 3 is 2.67 bits per heavy atom. The normalized spacial score (nSPS) is 44.5. The molecule has 0 aromatic heterocycles. The zero-order chi connectivity index (χ0) is 11.0. The standard InChI is InChI=1S/C8H12O7/c1-12-7-4(10)6-5(3(2-9)13-7)14-8(11)15-6/h3-7,9-10H,2H2,1H3/t3-,4+,5-,6-,7+/m1/s1. The fourth-order valence-corrected chi connectivity index (χ4v) is 1.76. The molecule has 0 saturated carbocycles. The summed E-state index contributed by atoms with van der Waals surface area (Å²) in [6.45, 7) is -0.343. The lowest BCUT2D eigenvalue weighted by Crippen LogP contribution is -2.57. The second-order valence-electron chi connectivity index (χ2n) is 3.37. The summed E-state index contributed by atoms with van der Waals surface area (Å²) < 4.78 is 19.6. The highest BCUT2D eigenvalue weighted by atomic mass is 16.8. The van der Waals surface area contributed by atoms with Crippen molar-refractivity contribution in [2.75, 3.05) is 13.7 Å². The maximum atomic E-state index is 10.9. The Bertz CT molecular complexity index is 255. The van der Waals surface area contributed by atoms with Gasteiger partial charge in [-0.3, -0.25) is 0 Å². The van der Waals surface area contributed by atoms with Crippen LogP contribution >= 0.6 is 0 Å². The van der Waals surface area contributed by atoms with Crippen molar-refractivity contribution in [3.05, 3.63) is 0 Å². The Hall–Kier alpha value is -0.890. The molecule has 2 aliphatic heterocycles. The van der Waals surface area contributed by atoms with Gasteiger partial charge in [-0.15, -0.1) is 0 Å². The average molecular weight is 220 g/mol. The van der Waals surface area contributed by atoms with E-state index in [4.69, 9.17) is 24.1 Å². The van der Waals surface area contributed by atoms with Crippen LogP contribution in [-0.2, 0) is 18.9 Å². The Kier molecular flexibility index (Phi) is 2.79. The maximum absolute atomic E-state index is 10.9. The molecule has 0 spiro atoms. The van der Waals surface area contributed by atoms with Crippen molar-refractivity contribution >= 4 is 6.16 Å². The number of carbonyl (C=O) groups is 1. The van der Waals surface area contributed by atoms with E-state index in [1.807, 2.05) is 0 Å². The maximum Gasteiger partial charge on any atom is 0.509 e. The van der Waals surface area contributed by atoms with Crippen LogP contribution in [-0.4, -0.2) is 60.8 Å². The number of ether oxygens (including phenoxy) is 4. The van der Waals surface area contributed by atoms with E-state index in [1.165, 1.54) is 7.11 Å². The molecule has 2 aliphatic rings. The van der Waals surface area contributed by atoms with E-state index in [2.05, 4.69) is 0 Å². The topological polar surface area (TPSA) is 94.5 Å². The zero-order valence-corrected chi connectivity index (χ0v) is 8.03. The quantitative estimate of drug-likeness (QED) is 0.553. The molecule has 5 atom stereocenters. The molecule has 0 unspecified atom stereocenters. The number of rotatable bonds is 2. The summed E-state index contributed by atoms with van der Waals surface area (Å²) >= 11 is 0. The molecule has 86 valence electrons. The Balaban J connectivity index is 2.16. The van der Waals surface area contributed by atoms with Crippen LogP contribution in [0.4, 0.5) is 4.79 Å². The summed E-state index contributed by atoms with van der Waals surface area (Å²) in [5, 5.41) is 18.7. The van der Waals surface area contributed by atoms with Crippen LogP contribution < -0.4 is 0 Å². The third-order valence-corrected chi connectivity index (χ3v) is 2.49. The minimum Gasteiger partial charge on any atom is -0.424 e. The first-order chi connectivity index (χ1) is 7.17. The molecular weight excluding hydrogens is 208 g/mol. The average Bonchev–Trinajstić information content (AvgIpc) is 2.61. The Morgan fingerprint density at radius 2 is 2.07 bits per heavy atom. The summed E-state index contributed by atoms with van der Waals surface area (Å²) in [6.07, 6.45) is -5.30. The second kappa shape index (κ2) is 3.93. The zero-order valence-electron chi connectivity index (χ0n) is 8.03. The summed E-state index contributed by atoms with van der Waals surface area (Å²) in [5.74, 6) is 0. The molecule has 2 heterocycles. The molecule has 2 N–H and O–H groups in total. The summed E-state index contributed by atoms with van der Waals surface area (Å²) in [7, 11) is 1.35. The fraction of sp³-hybridized carbons (Fsp3) is 0.875. The van der Waals surface area contributed by atoms with Gasteiger partial charge in [-0.1, -0.05) is 0 Å². The number of carbonyl (C=O) groups excluding carboxylic acids is 1. The van der Waals surface area contributed by atoms with Crippen molar-refractivity contribution in [3.63, 3.8) is 0 Å². The molecule has 0 aromatic carbocycles. The van der Waals surface area contributed by atoms with Gasteiger partial charge in [0, 0.05) is 7.11 Å². The smallest absolute Gasteiger partial charge is 0.424 e. The highest BCUT2D eigenvalue weighted by Crippen LogP contribution is 2.30. The van der Waals surface area contributed by atoms with Crippen molar-refractivity contribution in [2.45, 2.75) is 30.7 Å². The number of fused-ring (bicyclic) bond motifs is 1. The predicted octanol–water partition coefficient (Wildman–Crippen LogP) is -1.39. The molecule has 0 aliphatic carbocycles. The number of aliphatic hydroxyl groups is 2. The van der Waals surface area contributed by atoms with Crippen molar-refractivity contribution < 1.29 is 34.0 Å². The van der Waals surface area contributed by atoms with Crippen LogP contribution in [0.3, 0.4) is 0 Å². The fourth-order valence-electron chi connectivity index (χ4n) is 1.76. The van der Waals surface area contributed by atoms with Gasteiger partial charge in [0.2, 0.25) is 0 Å². The summed E-state index contributed by atoms with van der Waals surface area (Å²) in [6, 6.07) is 0. The highest BCUT2D eigenvalue weighted by Gasteiger charge is 2.53. The minimum atomic E-state index is -1.12. The molecule has 7 heteroatoms. The van der Waals surface area contributed by atoms with Gasteiger partial charge in [-0.2, -0.15) is 0 Å². The Labute approximate surface area is 85.5 Å². The lowest BCUT2D eigenvalue weighted by atomic mass is 9.99. The first-order valence-corrected chi connectivity index (χ1v) is 4.52. The Morgan fingerprint density at radius 1 is 1.40 bits per heavy atom. The third kappa shape index (κ3) is 1.67. The van der Waals surface area contributed by atoms with E-state index in [1.54, 1.807) is 0 Å². The second-order valence-corrected chi connectivity index (χ2v) is 3.37. The van der Waals surface area contributed by atoms with E-state index >= 15 is 0 Å². The van der Waals surface area contributed by atoms with Crippen molar-refractivity contribution in [2.24, 2.45) is 0 Å². The number of methoxy groups -OCH3 is 1. The summed E-state index contributed by atoms with van der Waals surface area (Å²) in [5.41, 5.74) is 0. The lowest BCUT2D eigenvalue weighted by molar-refractivity contribution is -0.274. The van der Waals surface area contributed by atoms with Crippen LogP contribution in [0.15, 0.2) is 0 Å². The molecule has 2 fully saturated rings. The van der Waals surface area contributed by atoms with Crippen molar-refractivity contribution in [1.29, 1.82) is 0 Å². The van der Waals surface area contributed by atoms with Crippen molar-refractivity contribution in [3.8, 4) is 0 Å². The van der Waals surface area contributed by atoms with E-state index in [-0.39, 0.29) is 6.61 Å². The molecule has 7 nitrogen and oxygen atoms in total. The minimum absolute atomic E-state index is 0.343. The molecule has 2 rings (SSSR count). The highest BCUT2D eigenvalue weighted by molar-refractivity contribution is 5.63. The predicted molar refractivity (Wildman–Crippen MR) is 43.9 cm³/mol. The molecule has 2 saturated heterocycles. The first-order valence-electron chi connectivity index (χ1n) is 4.52. The van der Waals surface area contributed by atoms with Crippen LogP contribution in [0, 0.1) is 0 Å². The van der Waals surface area contributed by atoms with Gasteiger partial charge in [0.15, 0.2) is 18.5 Å². The van der Waals surface area contributed by atoms with Crippen LogP contribution in [0.1, 0.15) is 0 Å². The van der Waals surface area contributed by atoms with Crippen LogP contribution in [0.2, 0.25) is 0 Å². The van der Waals surface area contributed by atoms with Crippen LogP contribution in [0.5, 0.6) is 0 Å². The largest absolute Gasteiger partial charge is 0.509 e. The molecule has 15 heavy (non-hydrogen) atoms. The van der Waals surface area contributed by atoms with E-state index < -0.39 is 36.9 Å². The third-order valence-electron chi connectivity index (χ3n) is 2.49. The molecule has 0 aromatic rings. The van der Waals surface area contributed by atoms with Gasteiger partial charge in [-0.05, 0) is 0 Å². The van der Waals surface area contributed by atoms with Gasteiger partial charge >= 0.3 is 6.16 Å². The molecular formula is C8H12O7. The van der Waals surface area contributed by atoms with E-state index in [0.717, 1.165) is 0 Å². The number of hydrogen-bond acceptors (Lipinski definition) is 7. The molecule has 0 amide bonds. The van der Waals surface area contributed by atoms with Crippen molar-refractivity contribution in [1.82, 2.24) is 0 Å². The first kappa shape index (κ1) is 10.6. The monoisotopic (exact) mass is 220 g/mol. The SMILES string of the molecule is CO[C@H]1O[C@H](CO)[C@H]2OC(=O)O[C@@H]2[C@@H]1O. The van der Waals surface area contributed by atoms with Gasteiger partial charge < -0.3 is 29.2 Å². The lowest BCUT2D eigenvalue weighted by Gasteiger charge is -2.37. The van der Waals surface area contributed by atoms with Gasteiger partial charge in [-0.25, -0.2) is 4.79 Å². The van der Waals surface area contributed by atoms with Gasteiger partial charge in [0.1, 0.15) is 12.2 Å². The number of hydrogen-bond donors (Lipinski definition) is 2. The summed E-state index contributed by atoms with van der Waals surface area (Å²) in [4.78, 5) is 10.9. The van der Waals surface area contributed by atoms with Gasteiger partial charge in [0.25, 0.3) is 0 Å². The number of aliphatic hydroxyl groups excluding tert-OH is 2. The van der Waals surface area contributed by atoms with E-state index in [0.29, 0.717) is 0 Å². The molecule has 0 radical (unpaired) electrons. The molecule has 0 bridgehead atoms.